The molecule has 1 aromatic heterocycles. The number of hydrogen-bond acceptors (Lipinski definition) is 5. The Balaban J connectivity index is 2.48. The Kier molecular flexibility index (Phi) is 6.49. The molecule has 0 saturated heterocycles. The maximum Gasteiger partial charge on any atom is 0.319 e. The van der Waals surface area contributed by atoms with E-state index in [2.05, 4.69) is 4.98 Å². The van der Waals surface area contributed by atoms with Crippen molar-refractivity contribution in [1.82, 2.24) is 9.88 Å². The summed E-state index contributed by atoms with van der Waals surface area (Å²) in [5, 5.41) is 0. The lowest BCUT2D eigenvalue weighted by atomic mass is 9.88. The second-order valence-electron chi connectivity index (χ2n) is 5.61. The molecule has 0 fully saturated rings. The molecule has 0 aliphatic rings. The normalized spacial score (nSPS) is 11.5. The fourth-order valence-corrected chi connectivity index (χ4v) is 1.82. The lowest BCUT2D eigenvalue weighted by Crippen LogP contribution is -2.41. The summed E-state index contributed by atoms with van der Waals surface area (Å²) in [5.74, 6) is -0.587. The smallest absolute Gasteiger partial charge is 0.319 e. The van der Waals surface area contributed by atoms with Gasteiger partial charge in [-0.1, -0.05) is 0 Å². The molecular formula is C16H24N2O3. The van der Waals surface area contributed by atoms with E-state index in [-0.39, 0.29) is 18.9 Å². The van der Waals surface area contributed by atoms with Gasteiger partial charge in [-0.05, 0) is 51.9 Å². The molecule has 5 nitrogen and oxygen atoms in total. The van der Waals surface area contributed by atoms with E-state index in [1.807, 2.05) is 24.1 Å². The van der Waals surface area contributed by atoms with Crippen LogP contribution in [0.1, 0.15) is 26.3 Å². The topological polar surface area (TPSA) is 59.5 Å². The van der Waals surface area contributed by atoms with Crippen molar-refractivity contribution in [2.75, 3.05) is 26.7 Å². The largest absolute Gasteiger partial charge is 0.465 e. The van der Waals surface area contributed by atoms with Gasteiger partial charge in [-0.25, -0.2) is 0 Å². The Morgan fingerprint density at radius 2 is 1.90 bits per heavy atom. The number of carbonyl (C=O) groups is 2. The molecular weight excluding hydrogens is 268 g/mol. The Labute approximate surface area is 126 Å². The van der Waals surface area contributed by atoms with Crippen LogP contribution in [0, 0.1) is 5.41 Å². The van der Waals surface area contributed by atoms with Crippen LogP contribution in [0.5, 0.6) is 0 Å². The van der Waals surface area contributed by atoms with E-state index in [0.29, 0.717) is 0 Å². The van der Waals surface area contributed by atoms with Gasteiger partial charge in [0, 0.05) is 18.9 Å². The maximum absolute atomic E-state index is 12.3. The van der Waals surface area contributed by atoms with E-state index in [1.54, 1.807) is 33.2 Å². The van der Waals surface area contributed by atoms with Gasteiger partial charge in [-0.2, -0.15) is 0 Å². The number of aromatic nitrogens is 1. The lowest BCUT2D eigenvalue weighted by molar-refractivity contribution is -0.158. The number of nitrogens with zero attached hydrogens (tertiary/aromatic N) is 2. The number of rotatable bonds is 8. The summed E-state index contributed by atoms with van der Waals surface area (Å²) in [6.07, 6.45) is 4.35. The molecule has 0 spiro atoms. The molecule has 0 aliphatic heterocycles. The highest BCUT2D eigenvalue weighted by molar-refractivity contribution is 6.03. The zero-order valence-corrected chi connectivity index (χ0v) is 13.3. The first-order valence-corrected chi connectivity index (χ1v) is 7.16. The molecule has 1 rings (SSSR count). The van der Waals surface area contributed by atoms with Crippen LogP contribution in [0.25, 0.3) is 0 Å². The van der Waals surface area contributed by atoms with Gasteiger partial charge in [0.15, 0.2) is 5.78 Å². The molecule has 5 heteroatoms. The third-order valence-electron chi connectivity index (χ3n) is 3.43. The van der Waals surface area contributed by atoms with Gasteiger partial charge >= 0.3 is 5.97 Å². The van der Waals surface area contributed by atoms with Crippen LogP contribution in [0.15, 0.2) is 24.5 Å². The fourth-order valence-electron chi connectivity index (χ4n) is 1.82. The number of Topliss-reactive ketones (excluding diaryl/α,β-unsaturated/α-hetero) is 1. The van der Waals surface area contributed by atoms with Gasteiger partial charge in [0.05, 0.1) is 13.2 Å². The number of pyridine rings is 1. The van der Waals surface area contributed by atoms with Crippen molar-refractivity contribution in [2.45, 2.75) is 27.2 Å². The Morgan fingerprint density at radius 3 is 2.48 bits per heavy atom. The highest BCUT2D eigenvalue weighted by Gasteiger charge is 2.37. The Bertz CT molecular complexity index is 472. The number of hydrogen-bond donors (Lipinski definition) is 0. The quantitative estimate of drug-likeness (QED) is 0.539. The Hall–Kier alpha value is -1.75. The predicted octanol–water partition coefficient (Wildman–Crippen LogP) is 1.71. The first-order valence-electron chi connectivity index (χ1n) is 7.16. The van der Waals surface area contributed by atoms with Crippen LogP contribution in [-0.2, 0) is 20.7 Å². The molecule has 0 aliphatic carbocycles. The summed E-state index contributed by atoms with van der Waals surface area (Å²) < 4.78 is 4.95. The van der Waals surface area contributed by atoms with Gasteiger partial charge in [0.25, 0.3) is 0 Å². The van der Waals surface area contributed by atoms with Crippen molar-refractivity contribution in [3.8, 4) is 0 Å². The second kappa shape index (κ2) is 7.88. The SMILES string of the molecule is CCOC(=O)C(C)(C)C(=O)CN(C)CCc1ccncc1. The lowest BCUT2D eigenvalue weighted by Gasteiger charge is -2.24. The number of likely N-dealkylation sites (N-methyl/N-ethyl adjacent to an activating group) is 1. The highest BCUT2D eigenvalue weighted by atomic mass is 16.5. The van der Waals surface area contributed by atoms with Crippen LogP contribution in [0.3, 0.4) is 0 Å². The molecule has 0 N–H and O–H groups in total. The third-order valence-corrected chi connectivity index (χ3v) is 3.43. The first-order chi connectivity index (χ1) is 9.87. The van der Waals surface area contributed by atoms with E-state index in [1.165, 1.54) is 5.56 Å². The summed E-state index contributed by atoms with van der Waals surface area (Å²) in [6, 6.07) is 3.91. The zero-order valence-electron chi connectivity index (χ0n) is 13.3. The van der Waals surface area contributed by atoms with Crippen LogP contribution in [0.2, 0.25) is 0 Å². The van der Waals surface area contributed by atoms with Crippen molar-refractivity contribution in [3.63, 3.8) is 0 Å². The van der Waals surface area contributed by atoms with Crippen LogP contribution >= 0.6 is 0 Å². The first kappa shape index (κ1) is 17.3. The van der Waals surface area contributed by atoms with Crippen LogP contribution < -0.4 is 0 Å². The van der Waals surface area contributed by atoms with Gasteiger partial charge in [-0.3, -0.25) is 19.5 Å². The maximum atomic E-state index is 12.3. The molecule has 0 atom stereocenters. The number of ketones is 1. The van der Waals surface area contributed by atoms with Gasteiger partial charge in [0.2, 0.25) is 0 Å². The third kappa shape index (κ3) is 5.27. The monoisotopic (exact) mass is 292 g/mol. The van der Waals surface area contributed by atoms with E-state index >= 15 is 0 Å². The molecule has 0 radical (unpaired) electrons. The van der Waals surface area contributed by atoms with Crippen LogP contribution in [-0.4, -0.2) is 48.4 Å². The number of ether oxygens (including phenoxy) is 1. The summed E-state index contributed by atoms with van der Waals surface area (Å²) in [7, 11) is 1.88. The molecule has 1 heterocycles. The average Bonchev–Trinajstić information content (AvgIpc) is 2.46. The summed E-state index contributed by atoms with van der Waals surface area (Å²) in [5.41, 5.74) is 0.0787. The van der Waals surface area contributed by atoms with Gasteiger partial charge in [0.1, 0.15) is 5.41 Å². The van der Waals surface area contributed by atoms with Crippen LogP contribution in [0.4, 0.5) is 0 Å². The van der Waals surface area contributed by atoms with Gasteiger partial charge < -0.3 is 4.74 Å². The molecule has 1 aromatic rings. The zero-order chi connectivity index (χ0) is 15.9. The van der Waals surface area contributed by atoms with Gasteiger partial charge in [-0.15, -0.1) is 0 Å². The average molecular weight is 292 g/mol. The number of carbonyl (C=O) groups excluding carboxylic acids is 2. The molecule has 21 heavy (non-hydrogen) atoms. The minimum atomic E-state index is -1.10. The minimum Gasteiger partial charge on any atom is -0.465 e. The molecule has 116 valence electrons. The van der Waals surface area contributed by atoms with E-state index < -0.39 is 11.4 Å². The van der Waals surface area contributed by atoms with Crippen molar-refractivity contribution >= 4 is 11.8 Å². The van der Waals surface area contributed by atoms with Crippen molar-refractivity contribution in [2.24, 2.45) is 5.41 Å². The molecule has 0 unspecified atom stereocenters. The van der Waals surface area contributed by atoms with E-state index in [9.17, 15) is 9.59 Å². The second-order valence-corrected chi connectivity index (χ2v) is 5.61. The van der Waals surface area contributed by atoms with Crippen molar-refractivity contribution < 1.29 is 14.3 Å². The standard InChI is InChI=1S/C16H24N2O3/c1-5-21-15(20)16(2,3)14(19)12-18(4)11-8-13-6-9-17-10-7-13/h6-7,9-10H,5,8,11-12H2,1-4H3. The summed E-state index contributed by atoms with van der Waals surface area (Å²) >= 11 is 0. The molecule has 0 amide bonds. The molecule has 0 saturated carbocycles. The van der Waals surface area contributed by atoms with Crippen molar-refractivity contribution in [1.29, 1.82) is 0 Å². The molecule has 0 bridgehead atoms. The number of esters is 1. The summed E-state index contributed by atoms with van der Waals surface area (Å²) in [6.45, 7) is 6.23. The Morgan fingerprint density at radius 1 is 1.29 bits per heavy atom. The van der Waals surface area contributed by atoms with E-state index in [0.717, 1.165) is 13.0 Å². The van der Waals surface area contributed by atoms with E-state index in [4.69, 9.17) is 4.74 Å². The minimum absolute atomic E-state index is 0.127. The summed E-state index contributed by atoms with van der Waals surface area (Å²) in [4.78, 5) is 29.9. The predicted molar refractivity (Wildman–Crippen MR) is 80.9 cm³/mol. The highest BCUT2D eigenvalue weighted by Crippen LogP contribution is 2.19. The fraction of sp³-hybridized carbons (Fsp3) is 0.562. The van der Waals surface area contributed by atoms with Crippen molar-refractivity contribution in [3.05, 3.63) is 30.1 Å². The molecule has 0 aromatic carbocycles.